The molecule has 19 heteroatoms. The van der Waals surface area contributed by atoms with E-state index in [1.165, 1.54) is 6.92 Å². The Kier molecular flexibility index (Phi) is 24.8. The Morgan fingerprint density at radius 3 is 1.94 bits per heavy atom. The van der Waals surface area contributed by atoms with Gasteiger partial charge in [-0.15, -0.1) is 0 Å². The highest BCUT2D eigenvalue weighted by atomic mass is 127. The van der Waals surface area contributed by atoms with Crippen molar-refractivity contribution in [1.82, 2.24) is 0 Å². The second-order valence-corrected chi connectivity index (χ2v) is 52.7. The average Bonchev–Trinajstić information content (AvgIpc) is 2.14. The van der Waals surface area contributed by atoms with Gasteiger partial charge in [0.25, 0.3) is 0 Å². The molecule has 0 aromatic carbocycles. The lowest BCUT2D eigenvalue weighted by atomic mass is 9.81. The lowest BCUT2D eigenvalue weighted by Gasteiger charge is -2.53. The summed E-state index contributed by atoms with van der Waals surface area (Å²) in [5, 5.41) is 12.6. The number of Topliss-reactive ketones (excluding diaryl/α,β-unsaturated/α-hetero) is 1. The first-order chi connectivity index (χ1) is 38.9. The highest BCUT2D eigenvalue weighted by molar-refractivity contribution is 14.1. The van der Waals surface area contributed by atoms with Gasteiger partial charge < -0.3 is 56.0 Å². The molecule has 0 aromatic rings. The molecule has 1 N–H and O–H groups in total. The van der Waals surface area contributed by atoms with Gasteiger partial charge in [0.15, 0.2) is 33.3 Å². The van der Waals surface area contributed by atoms with Crippen molar-refractivity contribution < 1.29 is 65.6 Å². The minimum atomic E-state index is -2.54. The minimum absolute atomic E-state index is 0.00826. The van der Waals surface area contributed by atoms with E-state index >= 15 is 4.79 Å². The Morgan fingerprint density at radius 1 is 0.741 bits per heavy atom. The number of allylic oxidation sites excluding steroid dienone is 1. The number of rotatable bonds is 14. The van der Waals surface area contributed by atoms with Gasteiger partial charge in [-0.3, -0.25) is 9.59 Å². The number of carbonyl (C=O) groups excluding carboxylic acids is 2. The normalized spacial score (nSPS) is 36.5. The third-order valence-corrected chi connectivity index (χ3v) is 41.4. The Balaban J connectivity index is 1.40. The number of methoxy groups -OCH3 is 1. The summed E-state index contributed by atoms with van der Waals surface area (Å²) < 4.78 is 78.2. The molecule has 8 unspecified atom stereocenters. The van der Waals surface area contributed by atoms with Crippen molar-refractivity contribution in [2.45, 2.75) is 350 Å². The average molecular weight is 1380 g/mol. The fraction of sp³-hybridized carbons (Fsp3) is 0.909. The van der Waals surface area contributed by atoms with Crippen LogP contribution >= 0.6 is 22.6 Å². The molecule has 7 bridgehead atoms. The number of ether oxygens (including phenoxy) is 7. The van der Waals surface area contributed by atoms with Crippen molar-refractivity contribution in [3.8, 4) is 0 Å². The fourth-order valence-electron chi connectivity index (χ4n) is 12.7. The summed E-state index contributed by atoms with van der Waals surface area (Å²) in [6.45, 7) is 53.8. The predicted molar refractivity (Wildman–Crippen MR) is 359 cm³/mol. The van der Waals surface area contributed by atoms with Crippen LogP contribution in [-0.4, -0.2) is 165 Å². The minimum Gasteiger partial charge on any atom is -0.458 e. The first-order valence-electron chi connectivity index (χ1n) is 32.7. The lowest BCUT2D eigenvalue weighted by molar-refractivity contribution is -0.269. The van der Waals surface area contributed by atoms with Crippen molar-refractivity contribution in [1.29, 1.82) is 0 Å². The molecule has 18 atom stereocenters. The molecular formula is C66H121IO14Si4. The second-order valence-electron chi connectivity index (χ2n) is 32.8. The monoisotopic (exact) mass is 1380 g/mol. The second kappa shape index (κ2) is 28.6. The topological polar surface area (TPSA) is 156 Å². The molecule has 0 aliphatic carbocycles. The largest absolute Gasteiger partial charge is 0.458 e. The van der Waals surface area contributed by atoms with Gasteiger partial charge >= 0.3 is 5.97 Å². The van der Waals surface area contributed by atoms with Crippen LogP contribution in [-0.2, 0) is 60.5 Å². The number of halogens is 1. The highest BCUT2D eigenvalue weighted by Gasteiger charge is 2.57. The summed E-state index contributed by atoms with van der Waals surface area (Å²) in [5.41, 5.74) is 0.409. The van der Waals surface area contributed by atoms with Crippen molar-refractivity contribution in [3.05, 3.63) is 24.3 Å². The van der Waals surface area contributed by atoms with Crippen LogP contribution in [0.5, 0.6) is 0 Å². The molecule has 0 amide bonds. The standard InChI is InChI=1S/C66H121IO14Si4/c1-42-34-47-31-33-56-66(41-67,78-47)39-48(74-56)28-26-25-27-29-52(80-84(21,22)64(10,11)12)60-61(81-85(23,24)65(13,14)15)57(70)59-51(77-60)32-30-46(75-59)35-45(69)36-50-54(38-53(43(42)2)73-44(3)68)76-55(58(50)71-16)37-49(79-83(19,20)63(7,8)9)40-72-82(17,18)62(4,5)6/h27,29,42,46-61,70H,2,25-26,28,30-41H2,1,3-24H3/b29-27+/t42-,46?,47?,48?,49?,50+,51+,52?,53-,54+,55?,56+,57+,58-,59?,60+,61?,66-/m1/s1. The van der Waals surface area contributed by atoms with Crippen molar-refractivity contribution in [2.75, 3.05) is 18.1 Å². The molecule has 5 saturated heterocycles. The van der Waals surface area contributed by atoms with Gasteiger partial charge in [-0.2, -0.15) is 0 Å². The summed E-state index contributed by atoms with van der Waals surface area (Å²) in [4.78, 5) is 28.3. The molecule has 0 radical (unpaired) electrons. The van der Waals surface area contributed by atoms with E-state index in [1.54, 1.807) is 7.11 Å². The van der Waals surface area contributed by atoms with Crippen molar-refractivity contribution in [2.24, 2.45) is 11.8 Å². The van der Waals surface area contributed by atoms with Gasteiger partial charge in [0.1, 0.15) is 41.9 Å². The maximum absolute atomic E-state index is 15.1. The van der Waals surface area contributed by atoms with E-state index < -0.39 is 118 Å². The molecular weight excluding hydrogens is 1260 g/mol. The summed E-state index contributed by atoms with van der Waals surface area (Å²) in [7, 11) is -7.78. The summed E-state index contributed by atoms with van der Waals surface area (Å²) in [5.74, 6) is -0.866. The zero-order valence-electron chi connectivity index (χ0n) is 57.4. The number of hydrogen-bond donors (Lipinski definition) is 1. The summed E-state index contributed by atoms with van der Waals surface area (Å²) in [6.07, 6.45) is 5.71. The van der Waals surface area contributed by atoms with Gasteiger partial charge in [0.05, 0.1) is 67.6 Å². The Bertz CT molecular complexity index is 2250. The van der Waals surface area contributed by atoms with Gasteiger partial charge in [-0.25, -0.2) is 0 Å². The molecule has 0 spiro atoms. The number of esters is 1. The Hall–Kier alpha value is -0.222. The molecule has 14 nitrogen and oxygen atoms in total. The van der Waals surface area contributed by atoms with E-state index in [9.17, 15) is 9.90 Å². The molecule has 85 heavy (non-hydrogen) atoms. The van der Waals surface area contributed by atoms with E-state index in [0.29, 0.717) is 32.3 Å². The first-order valence-corrected chi connectivity index (χ1v) is 45.9. The molecule has 492 valence electrons. The zero-order valence-corrected chi connectivity index (χ0v) is 63.6. The number of hydrogen-bond acceptors (Lipinski definition) is 14. The first kappa shape index (κ1) is 73.8. The van der Waals surface area contributed by atoms with E-state index in [0.717, 1.165) is 54.9 Å². The van der Waals surface area contributed by atoms with Crippen LogP contribution in [0, 0.1) is 11.8 Å². The number of ketones is 1. The van der Waals surface area contributed by atoms with Crippen LogP contribution in [0.3, 0.4) is 0 Å². The molecule has 8 aliphatic rings. The van der Waals surface area contributed by atoms with Crippen LogP contribution in [0.2, 0.25) is 72.5 Å². The molecule has 8 aliphatic heterocycles. The number of fused-ring (bicyclic) bond motifs is 2. The van der Waals surface area contributed by atoms with Crippen LogP contribution < -0.4 is 0 Å². The Morgan fingerprint density at radius 2 is 1.35 bits per heavy atom. The number of carbonyl (C=O) groups is 2. The maximum Gasteiger partial charge on any atom is 0.303 e. The maximum atomic E-state index is 15.1. The van der Waals surface area contributed by atoms with Crippen molar-refractivity contribution in [3.63, 3.8) is 0 Å². The van der Waals surface area contributed by atoms with Crippen LogP contribution in [0.25, 0.3) is 0 Å². The quantitative estimate of drug-likeness (QED) is 0.0576. The predicted octanol–water partition coefficient (Wildman–Crippen LogP) is 15.1. The smallest absolute Gasteiger partial charge is 0.303 e. The SMILES string of the molecule is C=C1[C@H](C)CC2CC[C@@H]3OC(CCC/C=C/C(O[Si](C)(C)C(C)(C)C)[C@@H]4O[C@H]5CCC(CC(=O)C[C@H]6[C@H](C[C@H]1OC(C)=O)OC(CC(CO[Si](C)(C)C(C)(C)C)O[Si](C)(C)C(C)(C)C)[C@@H]6OC)OC5[C@H](O)C4O[Si](C)(C)C(C)(C)C)C[C@]3(CI)O2. The van der Waals surface area contributed by atoms with E-state index in [4.69, 9.17) is 50.9 Å². The Labute approximate surface area is 534 Å². The molecule has 0 aromatic heterocycles. The number of aliphatic hydroxyl groups is 1. The number of aliphatic hydroxyl groups excluding tert-OH is 1. The molecule has 8 rings (SSSR count). The zero-order chi connectivity index (χ0) is 63.8. The van der Waals surface area contributed by atoms with E-state index in [1.807, 2.05) is 0 Å². The van der Waals surface area contributed by atoms with Crippen LogP contribution in [0.1, 0.15) is 180 Å². The highest BCUT2D eigenvalue weighted by Crippen LogP contribution is 2.49. The van der Waals surface area contributed by atoms with Gasteiger partial charge in [0.2, 0.25) is 0 Å². The third kappa shape index (κ3) is 18.1. The van der Waals surface area contributed by atoms with E-state index in [-0.39, 0.29) is 69.1 Å². The molecule has 0 saturated carbocycles. The van der Waals surface area contributed by atoms with Crippen LogP contribution in [0.4, 0.5) is 0 Å². The fourth-order valence-corrected chi connectivity index (χ4v) is 18.6. The number of alkyl halides is 1. The lowest BCUT2D eigenvalue weighted by Crippen LogP contribution is -2.67. The molecule has 5 fully saturated rings. The van der Waals surface area contributed by atoms with Gasteiger partial charge in [-0.05, 0) is 135 Å². The van der Waals surface area contributed by atoms with E-state index in [2.05, 4.69) is 184 Å². The van der Waals surface area contributed by atoms with Crippen molar-refractivity contribution >= 4 is 67.6 Å². The summed E-state index contributed by atoms with van der Waals surface area (Å²) in [6, 6.07) is 0. The van der Waals surface area contributed by atoms with Gasteiger partial charge in [0, 0.05) is 56.5 Å². The van der Waals surface area contributed by atoms with Crippen LogP contribution in [0.15, 0.2) is 24.3 Å². The summed E-state index contributed by atoms with van der Waals surface area (Å²) >= 11 is 2.49. The molecule has 8 heterocycles. The van der Waals surface area contributed by atoms with Gasteiger partial charge in [-0.1, -0.05) is 131 Å². The third-order valence-electron chi connectivity index (χ3n) is 22.2.